The van der Waals surface area contributed by atoms with Gasteiger partial charge >= 0.3 is 0 Å². The molecule has 2 aliphatic heterocycles. The predicted molar refractivity (Wildman–Crippen MR) is 294 cm³/mol. The fourth-order valence-electron chi connectivity index (χ4n) is 5.96. The summed E-state index contributed by atoms with van der Waals surface area (Å²) in [6.07, 6.45) is 9.63. The zero-order chi connectivity index (χ0) is 46.3. The number of oxime groups is 1. The van der Waals surface area contributed by atoms with Crippen molar-refractivity contribution in [2.75, 3.05) is 146 Å². The van der Waals surface area contributed by atoms with Crippen molar-refractivity contribution in [2.24, 2.45) is 5.16 Å². The lowest BCUT2D eigenvalue weighted by atomic mass is 10.1. The van der Waals surface area contributed by atoms with Crippen LogP contribution in [0.3, 0.4) is 0 Å². The van der Waals surface area contributed by atoms with Gasteiger partial charge in [-0.05, 0) is 59.8 Å². The molecular weight excluding hydrogens is 959 g/mol. The van der Waals surface area contributed by atoms with Gasteiger partial charge in [-0.2, -0.15) is 94.1 Å². The van der Waals surface area contributed by atoms with Gasteiger partial charge in [0.1, 0.15) is 6.61 Å². The molecule has 10 nitrogen and oxygen atoms in total. The highest BCUT2D eigenvalue weighted by Gasteiger charge is 2.15. The van der Waals surface area contributed by atoms with Gasteiger partial charge < -0.3 is 24.4 Å². The first-order valence-electron chi connectivity index (χ1n) is 22.7. The zero-order valence-corrected chi connectivity index (χ0v) is 45.5. The first-order chi connectivity index (χ1) is 31.2. The van der Waals surface area contributed by atoms with Gasteiger partial charge in [0, 0.05) is 149 Å². The summed E-state index contributed by atoms with van der Waals surface area (Å²) in [5, 5.41) is 4.19. The monoisotopic (exact) mass is 1040 g/mol. The maximum atomic E-state index is 13.6. The number of hydrogen-bond acceptors (Lipinski definition) is 14. The molecule has 0 spiro atoms. The van der Waals surface area contributed by atoms with Crippen molar-refractivity contribution >= 4 is 124 Å². The lowest BCUT2D eigenvalue weighted by Gasteiger charge is -2.23. The lowest BCUT2D eigenvalue weighted by molar-refractivity contribution is -0.131. The summed E-state index contributed by atoms with van der Waals surface area (Å²) in [6.45, 7) is 7.78. The van der Waals surface area contributed by atoms with Gasteiger partial charge in [0.05, 0.1) is 6.21 Å². The van der Waals surface area contributed by atoms with Crippen molar-refractivity contribution in [1.29, 1.82) is 0 Å². The molecule has 3 rings (SSSR count). The number of hydrogen-bond donors (Lipinski definition) is 0. The smallest absolute Gasteiger partial charge is 0.223 e. The largest absolute Gasteiger partial charge is 0.396 e. The van der Waals surface area contributed by atoms with Crippen LogP contribution in [-0.4, -0.2) is 195 Å². The van der Waals surface area contributed by atoms with Crippen molar-refractivity contribution in [3.63, 3.8) is 0 Å². The number of thioether (sulfide) groups is 8. The van der Waals surface area contributed by atoms with E-state index in [9.17, 15) is 19.2 Å². The Kier molecular flexibility index (Phi) is 38.1. The van der Waals surface area contributed by atoms with Crippen LogP contribution in [0.5, 0.6) is 0 Å². The third-order valence-corrected chi connectivity index (χ3v) is 19.1. The molecule has 2 aliphatic rings. The molecule has 0 N–H and O–H groups in total. The average molecular weight is 1040 g/mol. The van der Waals surface area contributed by atoms with E-state index in [-0.39, 0.29) is 23.6 Å². The minimum absolute atomic E-state index is 0.160. The summed E-state index contributed by atoms with van der Waals surface area (Å²) in [4.78, 5) is 63.9. The summed E-state index contributed by atoms with van der Waals surface area (Å²) < 4.78 is 0. The number of carbonyl (C=O) groups excluding carboxylic acids is 4. The highest BCUT2D eigenvalue weighted by atomic mass is 32.2. The number of carbonyl (C=O) groups is 4. The molecular formula is C46H77N5O5S8. The second-order valence-corrected chi connectivity index (χ2v) is 24.9. The third kappa shape index (κ3) is 32.0. The Morgan fingerprint density at radius 2 is 1.20 bits per heavy atom. The average Bonchev–Trinajstić information content (AvgIpc) is 3.29. The van der Waals surface area contributed by atoms with Crippen LogP contribution in [0.15, 0.2) is 42.1 Å². The van der Waals surface area contributed by atoms with Crippen LogP contribution in [0.4, 0.5) is 0 Å². The van der Waals surface area contributed by atoms with E-state index >= 15 is 0 Å². The van der Waals surface area contributed by atoms with E-state index in [4.69, 9.17) is 4.84 Å². The maximum Gasteiger partial charge on any atom is 0.223 e. The first-order valence-corrected chi connectivity index (χ1v) is 31.9. The van der Waals surface area contributed by atoms with Crippen LogP contribution in [0.25, 0.3) is 0 Å². The predicted octanol–water partition coefficient (Wildman–Crippen LogP) is 8.93. The molecule has 18 heteroatoms. The number of likely N-dealkylation sites (N-methyl/N-ethyl adjacent to an activating group) is 1. The second kappa shape index (κ2) is 41.1. The van der Waals surface area contributed by atoms with Gasteiger partial charge in [-0.3, -0.25) is 19.2 Å². The van der Waals surface area contributed by atoms with Gasteiger partial charge in [-0.15, -0.1) is 6.58 Å². The van der Waals surface area contributed by atoms with Crippen molar-refractivity contribution in [3.8, 4) is 0 Å². The molecule has 0 aliphatic carbocycles. The topological polar surface area (TPSA) is 103 Å². The minimum atomic E-state index is 0.160. The van der Waals surface area contributed by atoms with Crippen LogP contribution in [0, 0.1) is 0 Å². The number of amides is 4. The molecule has 2 bridgehead atoms. The summed E-state index contributed by atoms with van der Waals surface area (Å²) in [7, 11) is 5.66. The van der Waals surface area contributed by atoms with Gasteiger partial charge in [-0.25, -0.2) is 0 Å². The van der Waals surface area contributed by atoms with Crippen molar-refractivity contribution in [2.45, 2.75) is 57.9 Å². The van der Waals surface area contributed by atoms with Gasteiger partial charge in [-0.1, -0.05) is 35.5 Å². The zero-order valence-electron chi connectivity index (χ0n) is 38.9. The quantitative estimate of drug-likeness (QED) is 0.147. The minimum Gasteiger partial charge on any atom is -0.396 e. The molecule has 0 saturated heterocycles. The number of rotatable bonds is 12. The van der Waals surface area contributed by atoms with E-state index in [0.29, 0.717) is 45.4 Å². The van der Waals surface area contributed by atoms with E-state index in [1.807, 2.05) is 142 Å². The highest BCUT2D eigenvalue weighted by Crippen LogP contribution is 2.17. The standard InChI is InChI=1S/C46H77N5O5S8/c1-5-18-48(2)43(52)14-27-61-36-33-59-25-8-21-51-40-42-12-10-41(11-13-42)39-47-56-22-9-26-60-34-38-63-29-16-45(54)50(4)19-6-23-57-31-35-62-28-15-44(53)49(3)20-7-24-58-32-37-64-30-17-46(51)55/h5,10-13,39H,1,6-9,14-38,40H2,2-4H3/b47-39-. The summed E-state index contributed by atoms with van der Waals surface area (Å²) in [5.41, 5.74) is 2.06. The van der Waals surface area contributed by atoms with Gasteiger partial charge in [0.2, 0.25) is 23.6 Å². The molecule has 1 aromatic rings. The van der Waals surface area contributed by atoms with Crippen LogP contribution >= 0.6 is 94.1 Å². The molecule has 0 radical (unpaired) electrons. The van der Waals surface area contributed by atoms with Crippen LogP contribution < -0.4 is 0 Å². The van der Waals surface area contributed by atoms with E-state index < -0.39 is 0 Å². The Morgan fingerprint density at radius 1 is 0.703 bits per heavy atom. The third-order valence-electron chi connectivity index (χ3n) is 9.80. The molecule has 0 aromatic heterocycles. The number of fused-ring (bicyclic) bond motifs is 37. The molecule has 1 aromatic carbocycles. The molecule has 64 heavy (non-hydrogen) atoms. The van der Waals surface area contributed by atoms with Crippen LogP contribution in [0.1, 0.15) is 62.5 Å². The Morgan fingerprint density at radius 3 is 1.75 bits per heavy atom. The molecule has 2 heterocycles. The van der Waals surface area contributed by atoms with E-state index in [2.05, 4.69) is 23.9 Å². The number of benzene rings is 1. The second-order valence-electron chi connectivity index (χ2n) is 15.1. The Hall–Kier alpha value is -0.890. The van der Waals surface area contributed by atoms with Gasteiger partial charge in [0.25, 0.3) is 0 Å². The Balaban J connectivity index is 1.84. The normalized spacial score (nSPS) is 19.0. The van der Waals surface area contributed by atoms with Crippen molar-refractivity contribution in [3.05, 3.63) is 48.0 Å². The fraction of sp³-hybridized carbons (Fsp3) is 0.717. The number of nitrogens with zero attached hydrogens (tertiary/aromatic N) is 5. The van der Waals surface area contributed by atoms with Crippen molar-refractivity contribution < 1.29 is 24.0 Å². The highest BCUT2D eigenvalue weighted by molar-refractivity contribution is 8.04. The molecule has 0 unspecified atom stereocenters. The Bertz CT molecular complexity index is 1430. The van der Waals surface area contributed by atoms with E-state index in [1.54, 1.807) is 17.2 Å². The first kappa shape index (κ1) is 59.2. The summed E-state index contributed by atoms with van der Waals surface area (Å²) >= 11 is 15.1. The van der Waals surface area contributed by atoms with Crippen LogP contribution in [0.2, 0.25) is 0 Å². The maximum absolute atomic E-state index is 13.6. The molecule has 0 fully saturated rings. The van der Waals surface area contributed by atoms with E-state index in [0.717, 1.165) is 148 Å². The van der Waals surface area contributed by atoms with E-state index in [1.165, 1.54) is 0 Å². The fourth-order valence-corrected chi connectivity index (χ4v) is 14.0. The molecule has 364 valence electrons. The molecule has 4 amide bonds. The Labute approximate surface area is 421 Å². The molecule has 0 saturated carbocycles. The summed E-state index contributed by atoms with van der Waals surface area (Å²) in [6, 6.07) is 8.22. The van der Waals surface area contributed by atoms with Crippen molar-refractivity contribution in [1.82, 2.24) is 19.6 Å². The van der Waals surface area contributed by atoms with Crippen LogP contribution in [-0.2, 0) is 30.6 Å². The van der Waals surface area contributed by atoms with Gasteiger partial charge in [0.15, 0.2) is 0 Å². The lowest BCUT2D eigenvalue weighted by Crippen LogP contribution is -2.32. The SMILES string of the molecule is C=CCN(C)C(=O)CCSCCSCCCN1Cc2ccc(cc2)/C=N\OCCCSCCSCCC(=O)N(C)CCCSCCSCCC(=O)N(C)CCCSCCSCCC1=O. The molecule has 0 atom stereocenters. The summed E-state index contributed by atoms with van der Waals surface area (Å²) in [5.74, 6) is 16.6.